The van der Waals surface area contributed by atoms with Crippen molar-refractivity contribution in [3.05, 3.63) is 0 Å². The maximum Gasteiger partial charge on any atom is 0.223 e. The monoisotopic (exact) mass is 255 g/mol. The second-order valence-corrected chi connectivity index (χ2v) is 6.81. The van der Waals surface area contributed by atoms with Crippen LogP contribution < -0.4 is 5.32 Å². The molecular formula is C15H29NO2. The van der Waals surface area contributed by atoms with Crippen LogP contribution in [0.15, 0.2) is 0 Å². The molecule has 0 bridgehead atoms. The number of hydrogen-bond acceptors (Lipinski definition) is 2. The summed E-state index contributed by atoms with van der Waals surface area (Å²) in [6, 6.07) is 0.109. The van der Waals surface area contributed by atoms with Crippen molar-refractivity contribution in [3.8, 4) is 0 Å². The number of nitrogens with one attached hydrogen (secondary N) is 1. The lowest BCUT2D eigenvalue weighted by Crippen LogP contribution is -2.43. The molecule has 18 heavy (non-hydrogen) atoms. The number of aliphatic hydroxyl groups excluding tert-OH is 1. The minimum atomic E-state index is 0.109. The molecule has 0 spiro atoms. The van der Waals surface area contributed by atoms with Gasteiger partial charge in [0.25, 0.3) is 0 Å². The molecule has 1 atom stereocenters. The van der Waals surface area contributed by atoms with Gasteiger partial charge in [-0.3, -0.25) is 4.79 Å². The zero-order chi connectivity index (χ0) is 13.8. The van der Waals surface area contributed by atoms with Crippen LogP contribution in [0.3, 0.4) is 0 Å². The molecule has 1 amide bonds. The molecule has 1 fully saturated rings. The zero-order valence-electron chi connectivity index (χ0n) is 12.3. The lowest BCUT2D eigenvalue weighted by molar-refractivity contribution is -0.127. The van der Waals surface area contributed by atoms with Crippen molar-refractivity contribution in [2.45, 2.75) is 65.8 Å². The molecule has 0 heterocycles. The Balaban J connectivity index is 2.45. The molecule has 2 N–H and O–H groups in total. The fourth-order valence-electron chi connectivity index (χ4n) is 2.67. The summed E-state index contributed by atoms with van der Waals surface area (Å²) in [6.07, 6.45) is 4.93. The van der Waals surface area contributed by atoms with Crippen LogP contribution in [0, 0.1) is 17.3 Å². The molecule has 0 aromatic carbocycles. The highest BCUT2D eigenvalue weighted by Gasteiger charge is 2.31. The van der Waals surface area contributed by atoms with E-state index in [0.717, 1.165) is 25.7 Å². The van der Waals surface area contributed by atoms with Crippen LogP contribution in [-0.2, 0) is 4.79 Å². The highest BCUT2D eigenvalue weighted by atomic mass is 16.3. The number of carbonyl (C=O) groups is 1. The summed E-state index contributed by atoms with van der Waals surface area (Å²) < 4.78 is 0. The summed E-state index contributed by atoms with van der Waals surface area (Å²) in [5.74, 6) is 0.747. The van der Waals surface area contributed by atoms with Gasteiger partial charge in [-0.2, -0.15) is 0 Å². The van der Waals surface area contributed by atoms with Crippen LogP contribution in [-0.4, -0.2) is 23.7 Å². The molecule has 3 heteroatoms. The largest absolute Gasteiger partial charge is 0.396 e. The van der Waals surface area contributed by atoms with Crippen molar-refractivity contribution in [2.75, 3.05) is 6.61 Å². The zero-order valence-corrected chi connectivity index (χ0v) is 12.3. The van der Waals surface area contributed by atoms with E-state index in [-0.39, 0.29) is 24.5 Å². The van der Waals surface area contributed by atoms with Gasteiger partial charge in [0.05, 0.1) is 0 Å². The third-order valence-corrected chi connectivity index (χ3v) is 4.28. The Kier molecular flexibility index (Phi) is 5.64. The van der Waals surface area contributed by atoms with E-state index in [0.29, 0.717) is 17.8 Å². The van der Waals surface area contributed by atoms with Gasteiger partial charge in [-0.05, 0) is 43.4 Å². The van der Waals surface area contributed by atoms with Crippen LogP contribution in [0.2, 0.25) is 0 Å². The topological polar surface area (TPSA) is 49.3 Å². The summed E-state index contributed by atoms with van der Waals surface area (Å²) >= 11 is 0. The van der Waals surface area contributed by atoms with E-state index in [4.69, 9.17) is 5.11 Å². The van der Waals surface area contributed by atoms with Crippen molar-refractivity contribution >= 4 is 5.91 Å². The van der Waals surface area contributed by atoms with E-state index in [1.54, 1.807) is 0 Å². The lowest BCUT2D eigenvalue weighted by atomic mass is 9.73. The molecular weight excluding hydrogens is 226 g/mol. The smallest absolute Gasteiger partial charge is 0.223 e. The van der Waals surface area contributed by atoms with E-state index in [1.165, 1.54) is 0 Å². The van der Waals surface area contributed by atoms with Crippen LogP contribution in [0.5, 0.6) is 0 Å². The molecule has 106 valence electrons. The van der Waals surface area contributed by atoms with E-state index in [1.807, 2.05) is 0 Å². The summed E-state index contributed by atoms with van der Waals surface area (Å²) in [6.45, 7) is 8.88. The highest BCUT2D eigenvalue weighted by molar-refractivity contribution is 5.79. The quantitative estimate of drug-likeness (QED) is 0.793. The normalized spacial score (nSPS) is 21.9. The van der Waals surface area contributed by atoms with Gasteiger partial charge in [-0.25, -0.2) is 0 Å². The van der Waals surface area contributed by atoms with Gasteiger partial charge in [-0.1, -0.05) is 27.7 Å². The van der Waals surface area contributed by atoms with Crippen molar-refractivity contribution in [1.29, 1.82) is 0 Å². The average Bonchev–Trinajstić information content (AvgIpc) is 2.28. The van der Waals surface area contributed by atoms with Gasteiger partial charge in [0.2, 0.25) is 5.91 Å². The third-order valence-electron chi connectivity index (χ3n) is 4.28. The standard InChI is InChI=1S/C15H29NO2/c1-11(2)13(7-10-17)16-14(18)12-5-8-15(3,4)9-6-12/h11-13,17H,5-10H2,1-4H3,(H,16,18). The molecule has 1 aliphatic rings. The predicted molar refractivity (Wildman–Crippen MR) is 74.2 cm³/mol. The van der Waals surface area contributed by atoms with Gasteiger partial charge in [0.1, 0.15) is 0 Å². The van der Waals surface area contributed by atoms with Gasteiger partial charge in [0, 0.05) is 18.6 Å². The van der Waals surface area contributed by atoms with E-state index < -0.39 is 0 Å². The minimum absolute atomic E-state index is 0.109. The maximum absolute atomic E-state index is 12.2. The Morgan fingerprint density at radius 3 is 2.33 bits per heavy atom. The first-order chi connectivity index (χ1) is 8.35. The van der Waals surface area contributed by atoms with Gasteiger partial charge >= 0.3 is 0 Å². The van der Waals surface area contributed by atoms with E-state index >= 15 is 0 Å². The molecule has 1 aliphatic carbocycles. The number of amides is 1. The van der Waals surface area contributed by atoms with Crippen molar-refractivity contribution in [3.63, 3.8) is 0 Å². The van der Waals surface area contributed by atoms with E-state index in [9.17, 15) is 4.79 Å². The van der Waals surface area contributed by atoms with Crippen LogP contribution in [0.25, 0.3) is 0 Å². The molecule has 0 radical (unpaired) electrons. The lowest BCUT2D eigenvalue weighted by Gasteiger charge is -2.34. The summed E-state index contributed by atoms with van der Waals surface area (Å²) in [5.41, 5.74) is 0.402. The fraction of sp³-hybridized carbons (Fsp3) is 0.933. The molecule has 0 aliphatic heterocycles. The molecule has 0 aromatic rings. The Hall–Kier alpha value is -0.570. The fourth-order valence-corrected chi connectivity index (χ4v) is 2.67. The predicted octanol–water partition coefficient (Wildman–Crippen LogP) is 2.73. The summed E-state index contributed by atoms with van der Waals surface area (Å²) in [5, 5.41) is 12.1. The van der Waals surface area contributed by atoms with Crippen molar-refractivity contribution in [2.24, 2.45) is 17.3 Å². The first-order valence-electron chi connectivity index (χ1n) is 7.27. The van der Waals surface area contributed by atoms with E-state index in [2.05, 4.69) is 33.0 Å². The molecule has 1 saturated carbocycles. The second kappa shape index (κ2) is 6.55. The van der Waals surface area contributed by atoms with Crippen LogP contribution in [0.4, 0.5) is 0 Å². The first kappa shape index (κ1) is 15.5. The van der Waals surface area contributed by atoms with Crippen molar-refractivity contribution < 1.29 is 9.90 Å². The number of carbonyl (C=O) groups excluding carboxylic acids is 1. The molecule has 0 saturated heterocycles. The third kappa shape index (κ3) is 4.60. The van der Waals surface area contributed by atoms with Gasteiger partial charge in [0.15, 0.2) is 0 Å². The summed E-state index contributed by atoms with van der Waals surface area (Å²) in [4.78, 5) is 12.2. The Bertz CT molecular complexity index is 264. The van der Waals surface area contributed by atoms with Crippen LogP contribution >= 0.6 is 0 Å². The molecule has 3 nitrogen and oxygen atoms in total. The summed E-state index contributed by atoms with van der Waals surface area (Å²) in [7, 11) is 0. The highest BCUT2D eigenvalue weighted by Crippen LogP contribution is 2.38. The first-order valence-corrected chi connectivity index (χ1v) is 7.27. The maximum atomic E-state index is 12.2. The number of rotatable bonds is 5. The molecule has 1 unspecified atom stereocenters. The molecule has 0 aromatic heterocycles. The SMILES string of the molecule is CC(C)C(CCO)NC(=O)C1CCC(C)(C)CC1. The molecule has 1 rings (SSSR count). The number of hydrogen-bond donors (Lipinski definition) is 2. The Morgan fingerprint density at radius 1 is 1.33 bits per heavy atom. The van der Waals surface area contributed by atoms with Crippen LogP contribution in [0.1, 0.15) is 59.8 Å². The van der Waals surface area contributed by atoms with Gasteiger partial charge < -0.3 is 10.4 Å². The number of aliphatic hydroxyl groups is 1. The Morgan fingerprint density at radius 2 is 1.89 bits per heavy atom. The van der Waals surface area contributed by atoms with Crippen molar-refractivity contribution in [1.82, 2.24) is 5.32 Å². The minimum Gasteiger partial charge on any atom is -0.396 e. The Labute approximate surface area is 111 Å². The average molecular weight is 255 g/mol. The van der Waals surface area contributed by atoms with Gasteiger partial charge in [-0.15, -0.1) is 0 Å². The second-order valence-electron chi connectivity index (χ2n) is 6.81.